The van der Waals surface area contributed by atoms with E-state index >= 15 is 0 Å². The monoisotopic (exact) mass is 1490 g/mol. The second-order valence-electron chi connectivity index (χ2n) is 29.3. The van der Waals surface area contributed by atoms with E-state index in [0.717, 1.165) is 83.0 Å². The van der Waals surface area contributed by atoms with Crippen LogP contribution in [0.15, 0.2) is 400 Å². The van der Waals surface area contributed by atoms with E-state index in [9.17, 15) is 0 Å². The van der Waals surface area contributed by atoms with Crippen LogP contribution in [0.4, 0.5) is 0 Å². The summed E-state index contributed by atoms with van der Waals surface area (Å²) in [6, 6.07) is 141. The van der Waals surface area contributed by atoms with Crippen LogP contribution in [-0.2, 0) is 10.8 Å². The van der Waals surface area contributed by atoms with E-state index < -0.39 is 10.8 Å². The zero-order valence-corrected chi connectivity index (χ0v) is 62.8. The molecule has 2 aliphatic rings. The number of para-hydroxylation sites is 6. The zero-order valence-electron chi connectivity index (χ0n) is 62.0. The molecule has 0 saturated carbocycles. The van der Waals surface area contributed by atoms with Crippen molar-refractivity contribution >= 4 is 98.8 Å². The molecule has 10 nitrogen and oxygen atoms in total. The van der Waals surface area contributed by atoms with Crippen molar-refractivity contribution in [1.29, 1.82) is 0 Å². The van der Waals surface area contributed by atoms with Crippen molar-refractivity contribution in [1.82, 2.24) is 48.6 Å². The SMILES string of the molecule is Clc1nc(-c2ccccc2)nc(C2(c3ccccc3)c3ccccc3-c3ccccc32)n1.c1ccc(-c2nc(-n3c4ccccc4c4ccc5c6ccccc6n(-c6ccccc6)c5c43)nc(C3(c4ccccc4)c4ccccc4-c4ccccc43)n2)cc1.c1ccc(-n2c3ccccc3c3ccc4c5ccccc5[nH]c4c32)cc1. The Bertz CT molecular complexity index is 7450. The number of benzene rings is 16. The van der Waals surface area contributed by atoms with Gasteiger partial charge in [-0.05, 0) is 116 Å². The summed E-state index contributed by atoms with van der Waals surface area (Å²) in [4.78, 5) is 34.6. The largest absolute Gasteiger partial charge is 0.353 e. The lowest BCUT2D eigenvalue weighted by molar-refractivity contribution is 0.683. The summed E-state index contributed by atoms with van der Waals surface area (Å²) in [5.41, 5.74) is 23.3. The van der Waals surface area contributed by atoms with Gasteiger partial charge < -0.3 is 14.1 Å². The molecule has 540 valence electrons. The fourth-order valence-electron chi connectivity index (χ4n) is 18.6. The maximum absolute atomic E-state index is 6.52. The Morgan fingerprint density at radius 3 is 1.03 bits per heavy atom. The van der Waals surface area contributed by atoms with E-state index in [-0.39, 0.29) is 5.28 Å². The van der Waals surface area contributed by atoms with Gasteiger partial charge >= 0.3 is 0 Å². The summed E-state index contributed by atoms with van der Waals surface area (Å²) in [7, 11) is 0. The molecule has 115 heavy (non-hydrogen) atoms. The molecule has 0 spiro atoms. The summed E-state index contributed by atoms with van der Waals surface area (Å²) in [5.74, 6) is 3.06. The normalized spacial score (nSPS) is 12.9. The van der Waals surface area contributed by atoms with Gasteiger partial charge in [0.1, 0.15) is 10.8 Å². The summed E-state index contributed by atoms with van der Waals surface area (Å²) in [5, 5.41) is 9.93. The van der Waals surface area contributed by atoms with Gasteiger partial charge in [0, 0.05) is 71.1 Å². The van der Waals surface area contributed by atoms with Crippen molar-refractivity contribution in [3.63, 3.8) is 0 Å². The minimum Gasteiger partial charge on any atom is -0.353 e. The number of rotatable bonds is 9. The van der Waals surface area contributed by atoms with Gasteiger partial charge in [-0.1, -0.05) is 352 Å². The molecule has 6 aromatic heterocycles. The molecule has 6 heterocycles. The number of hydrogen-bond donors (Lipinski definition) is 1. The van der Waals surface area contributed by atoms with Crippen molar-refractivity contribution in [2.75, 3.05) is 0 Å². The predicted molar refractivity (Wildman–Crippen MR) is 469 cm³/mol. The van der Waals surface area contributed by atoms with E-state index in [2.05, 4.69) is 369 Å². The van der Waals surface area contributed by atoms with Gasteiger partial charge in [0.25, 0.3) is 0 Å². The molecule has 11 heteroatoms. The van der Waals surface area contributed by atoms with Crippen LogP contribution in [0, 0.1) is 0 Å². The lowest BCUT2D eigenvalue weighted by Gasteiger charge is -2.32. The third-order valence-corrected chi connectivity index (χ3v) is 23.5. The molecule has 0 fully saturated rings. The predicted octanol–water partition coefficient (Wildman–Crippen LogP) is 25.1. The van der Waals surface area contributed by atoms with Crippen LogP contribution in [0.25, 0.3) is 150 Å². The first kappa shape index (κ1) is 67.0. The van der Waals surface area contributed by atoms with E-state index in [1.54, 1.807) is 0 Å². The van der Waals surface area contributed by atoms with E-state index in [4.69, 9.17) is 36.5 Å². The third-order valence-electron chi connectivity index (χ3n) is 23.3. The lowest BCUT2D eigenvalue weighted by Crippen LogP contribution is -2.32. The van der Waals surface area contributed by atoms with Gasteiger partial charge in [0.2, 0.25) is 11.2 Å². The number of H-pyrrole nitrogens is 1. The Morgan fingerprint density at radius 2 is 0.574 bits per heavy atom. The molecule has 22 aromatic rings. The minimum atomic E-state index is -0.817. The molecular weight excluding hydrogens is 1420 g/mol. The Hall–Kier alpha value is -15.0. The Balaban J connectivity index is 0.000000116. The maximum atomic E-state index is 6.52. The van der Waals surface area contributed by atoms with Crippen LogP contribution in [-0.4, -0.2) is 48.6 Å². The number of nitrogens with zero attached hydrogens (tertiary/aromatic N) is 9. The summed E-state index contributed by atoms with van der Waals surface area (Å²) in [6.45, 7) is 0. The third kappa shape index (κ3) is 10.4. The number of fused-ring (bicyclic) bond motifs is 20. The quantitative estimate of drug-likeness (QED) is 0.154. The van der Waals surface area contributed by atoms with Crippen LogP contribution >= 0.6 is 11.6 Å². The molecule has 1 N–H and O–H groups in total. The second kappa shape index (κ2) is 27.2. The van der Waals surface area contributed by atoms with E-state index in [0.29, 0.717) is 29.2 Å². The summed E-state index contributed by atoms with van der Waals surface area (Å²) < 4.78 is 7.06. The fraction of sp³-hybridized carbons (Fsp3) is 0.0192. The molecule has 0 bridgehead atoms. The Morgan fingerprint density at radius 1 is 0.243 bits per heavy atom. The average molecular weight is 1490 g/mol. The number of nitrogens with one attached hydrogen (secondary N) is 1. The Kier molecular flexibility index (Phi) is 15.8. The number of aromatic nitrogens is 10. The van der Waals surface area contributed by atoms with Gasteiger partial charge in [-0.3, -0.25) is 4.57 Å². The standard InChI is InChI=1S/C52H33N5.C28H18ClN3.C24H16N2/c1-4-18-34(19-5-1)49-53-50(52(35-20-6-2-7-21-35)43-28-14-10-24-37(43)38-25-11-15-29-44(38)52)55-51(54-49)57-46-31-17-13-27-40(46)42-33-32-41-39-26-12-16-30-45(39)56(47(41)48(42)57)36-22-8-3-9-23-36;29-27-31-25(19-11-3-1-4-12-19)30-26(32-27)28(20-13-5-2-6-14-20)23-17-9-7-15-21(23)22-16-8-10-18-24(22)28;1-2-8-16(9-3-1)26-22-13-7-5-11-18(22)20-15-14-19-17-10-4-6-12-21(17)25-23(19)24(20)26/h1-33H;1-18H;1-15,25H. The smallest absolute Gasteiger partial charge is 0.238 e. The van der Waals surface area contributed by atoms with Crippen molar-refractivity contribution < 1.29 is 0 Å². The molecule has 0 unspecified atom stereocenters. The maximum Gasteiger partial charge on any atom is 0.238 e. The van der Waals surface area contributed by atoms with E-state index in [1.807, 2.05) is 54.6 Å². The molecule has 0 amide bonds. The van der Waals surface area contributed by atoms with Crippen molar-refractivity contribution in [3.05, 3.63) is 451 Å². The van der Waals surface area contributed by atoms with Crippen molar-refractivity contribution in [2.24, 2.45) is 0 Å². The lowest BCUT2D eigenvalue weighted by atomic mass is 9.71. The second-order valence-corrected chi connectivity index (χ2v) is 29.7. The summed E-state index contributed by atoms with van der Waals surface area (Å²) >= 11 is 6.52. The van der Waals surface area contributed by atoms with Gasteiger partial charge in [0.15, 0.2) is 23.3 Å². The van der Waals surface area contributed by atoms with Gasteiger partial charge in [-0.25, -0.2) is 15.0 Å². The fourth-order valence-corrected chi connectivity index (χ4v) is 18.7. The first-order valence-corrected chi connectivity index (χ1v) is 39.2. The molecular formula is C104H67ClN10. The van der Waals surface area contributed by atoms with Gasteiger partial charge in [-0.2, -0.15) is 15.0 Å². The van der Waals surface area contributed by atoms with Crippen LogP contribution in [0.2, 0.25) is 5.28 Å². The highest BCUT2D eigenvalue weighted by Gasteiger charge is 2.50. The highest BCUT2D eigenvalue weighted by atomic mass is 35.5. The first-order valence-electron chi connectivity index (χ1n) is 38.8. The molecule has 24 rings (SSSR count). The van der Waals surface area contributed by atoms with Crippen molar-refractivity contribution in [2.45, 2.75) is 10.8 Å². The van der Waals surface area contributed by atoms with Gasteiger partial charge in [0.05, 0.1) is 38.6 Å². The van der Waals surface area contributed by atoms with Gasteiger partial charge in [-0.15, -0.1) is 0 Å². The number of halogens is 1. The van der Waals surface area contributed by atoms with E-state index in [1.165, 1.54) is 82.3 Å². The molecule has 2 aliphatic carbocycles. The van der Waals surface area contributed by atoms with Crippen molar-refractivity contribution in [3.8, 4) is 62.4 Å². The molecule has 0 atom stereocenters. The van der Waals surface area contributed by atoms with Crippen LogP contribution in [0.5, 0.6) is 0 Å². The highest BCUT2D eigenvalue weighted by Crippen LogP contribution is 2.58. The first-order chi connectivity index (χ1) is 57.0. The minimum absolute atomic E-state index is 0.186. The topological polar surface area (TPSA) is 108 Å². The summed E-state index contributed by atoms with van der Waals surface area (Å²) in [6.07, 6.45) is 0. The molecule has 16 aromatic carbocycles. The molecule has 0 saturated heterocycles. The highest BCUT2D eigenvalue weighted by molar-refractivity contribution is 6.28. The number of hydrogen-bond acceptors (Lipinski definition) is 6. The Labute approximate surface area is 666 Å². The zero-order chi connectivity index (χ0) is 76.1. The average Bonchev–Trinajstić information content (AvgIpc) is 1.56. The van der Waals surface area contributed by atoms with Crippen LogP contribution < -0.4 is 0 Å². The molecule has 0 radical (unpaired) electrons. The number of aromatic amines is 1. The van der Waals surface area contributed by atoms with Crippen LogP contribution in [0.3, 0.4) is 0 Å². The van der Waals surface area contributed by atoms with Crippen LogP contribution in [0.1, 0.15) is 45.0 Å². The molecule has 0 aliphatic heterocycles.